The second-order valence-electron chi connectivity index (χ2n) is 2.55. The second-order valence-corrected chi connectivity index (χ2v) is 8.50. The molecule has 0 aromatic heterocycles. The number of rotatable bonds is 2. The molecule has 0 aliphatic rings. The van der Waals surface area contributed by atoms with Crippen molar-refractivity contribution < 1.29 is 4.12 Å². The van der Waals surface area contributed by atoms with Crippen LogP contribution in [0.2, 0.25) is 26.2 Å². The van der Waals surface area contributed by atoms with Crippen molar-refractivity contribution in [2.75, 3.05) is 0 Å². The van der Waals surface area contributed by atoms with E-state index in [9.17, 15) is 0 Å². The molecule has 1 nitrogen and oxygen atoms in total. The van der Waals surface area contributed by atoms with Gasteiger partial charge in [-0.05, 0) is 19.6 Å². The van der Waals surface area contributed by atoms with Gasteiger partial charge in [0.05, 0.1) is 0 Å². The van der Waals surface area contributed by atoms with Gasteiger partial charge in [-0.15, -0.1) is 0 Å². The molecular weight excluding hydrogens is 166 g/mol. The van der Waals surface area contributed by atoms with Crippen LogP contribution >= 0.6 is 0 Å². The fourth-order valence-electron chi connectivity index (χ4n) is 0.433. The molecule has 46 valence electrons. The van der Waals surface area contributed by atoms with Crippen LogP contribution in [0.3, 0.4) is 0 Å². The van der Waals surface area contributed by atoms with Crippen LogP contribution in [0.5, 0.6) is 0 Å². The van der Waals surface area contributed by atoms with E-state index in [0.29, 0.717) is 0 Å². The van der Waals surface area contributed by atoms with Gasteiger partial charge in [-0.2, -0.15) is 0 Å². The van der Waals surface area contributed by atoms with Gasteiger partial charge in [0.25, 0.3) is 0 Å². The molecular formula is C4H14Na2OSi2. The number of hydrogen-bond donors (Lipinski definition) is 0. The Morgan fingerprint density at radius 3 is 1.44 bits per heavy atom. The zero-order chi connectivity index (χ0) is 5.91. The van der Waals surface area contributed by atoms with Crippen LogP contribution in [0.4, 0.5) is 0 Å². The van der Waals surface area contributed by atoms with E-state index in [1.54, 1.807) is 0 Å². The molecule has 0 rings (SSSR count). The monoisotopic (exact) mass is 180 g/mol. The Balaban J connectivity index is -0.000000180. The van der Waals surface area contributed by atoms with Crippen molar-refractivity contribution >= 4 is 77.2 Å². The summed E-state index contributed by atoms with van der Waals surface area (Å²) in [5, 5.41) is 0. The predicted molar refractivity (Wildman–Crippen MR) is 50.3 cm³/mol. The van der Waals surface area contributed by atoms with Gasteiger partial charge in [0.15, 0.2) is 8.32 Å². The largest absolute Gasteiger partial charge is 0.461 e. The molecule has 0 bridgehead atoms. The first-order valence-corrected chi connectivity index (χ1v) is 8.10. The maximum Gasteiger partial charge on any atom is 0.169 e. The molecule has 0 fully saturated rings. The van der Waals surface area contributed by atoms with E-state index < -0.39 is 8.32 Å². The van der Waals surface area contributed by atoms with Gasteiger partial charge in [0, 0.05) is 59.1 Å². The molecule has 0 amide bonds. The van der Waals surface area contributed by atoms with Gasteiger partial charge in [0.2, 0.25) is 0 Å². The van der Waals surface area contributed by atoms with Crippen molar-refractivity contribution in [1.82, 2.24) is 0 Å². The topological polar surface area (TPSA) is 9.23 Å². The zero-order valence-corrected chi connectivity index (χ0v) is 14.0. The van der Waals surface area contributed by atoms with Gasteiger partial charge >= 0.3 is 0 Å². The summed E-state index contributed by atoms with van der Waals surface area (Å²) < 4.78 is 5.51. The van der Waals surface area contributed by atoms with Crippen LogP contribution in [0.1, 0.15) is 0 Å². The number of hydrogen-bond acceptors (Lipinski definition) is 1. The third-order valence-corrected chi connectivity index (χ3v) is 5.20. The van der Waals surface area contributed by atoms with Crippen molar-refractivity contribution in [2.45, 2.75) is 26.2 Å². The molecule has 0 unspecified atom stereocenters. The standard InChI is InChI=1S/C4H14OSi2.2Na/c1-6-5-7(2,3)4;;/h6H2,1-4H3;;. The van der Waals surface area contributed by atoms with Crippen LogP contribution in [-0.2, 0) is 4.12 Å². The van der Waals surface area contributed by atoms with E-state index in [1.807, 2.05) is 0 Å². The normalized spacial score (nSPS) is 10.7. The van der Waals surface area contributed by atoms with Crippen molar-refractivity contribution in [1.29, 1.82) is 0 Å². The van der Waals surface area contributed by atoms with Crippen LogP contribution in [0.15, 0.2) is 0 Å². The van der Waals surface area contributed by atoms with E-state index in [2.05, 4.69) is 26.2 Å². The summed E-state index contributed by atoms with van der Waals surface area (Å²) in [5.41, 5.74) is 0. The van der Waals surface area contributed by atoms with E-state index >= 15 is 0 Å². The van der Waals surface area contributed by atoms with Gasteiger partial charge in [-0.25, -0.2) is 0 Å². The Morgan fingerprint density at radius 1 is 1.11 bits per heavy atom. The molecule has 0 saturated carbocycles. The molecule has 0 aromatic carbocycles. The summed E-state index contributed by atoms with van der Waals surface area (Å²) >= 11 is 0. The quantitative estimate of drug-likeness (QED) is 0.552. The first-order chi connectivity index (χ1) is 3.06. The predicted octanol–water partition coefficient (Wildman–Crippen LogP) is 0.208. The molecule has 0 aliphatic carbocycles. The smallest absolute Gasteiger partial charge is 0.169 e. The van der Waals surface area contributed by atoms with Crippen molar-refractivity contribution in [3.05, 3.63) is 0 Å². The van der Waals surface area contributed by atoms with Crippen molar-refractivity contribution in [3.8, 4) is 0 Å². The van der Waals surface area contributed by atoms with Crippen molar-refractivity contribution in [2.24, 2.45) is 0 Å². The minimum Gasteiger partial charge on any atom is -0.461 e. The molecule has 0 atom stereocenters. The van der Waals surface area contributed by atoms with E-state index in [4.69, 9.17) is 4.12 Å². The van der Waals surface area contributed by atoms with Crippen LogP contribution < -0.4 is 0 Å². The Hall–Kier alpha value is 2.39. The van der Waals surface area contributed by atoms with E-state index in [-0.39, 0.29) is 68.9 Å². The molecule has 0 aromatic rings. The van der Waals surface area contributed by atoms with E-state index in [1.165, 1.54) is 0 Å². The summed E-state index contributed by atoms with van der Waals surface area (Å²) in [6.07, 6.45) is 0. The fourth-order valence-corrected chi connectivity index (χ4v) is 3.90. The van der Waals surface area contributed by atoms with Crippen LogP contribution in [0.25, 0.3) is 0 Å². The molecule has 5 heteroatoms. The molecule has 0 N–H and O–H groups in total. The average molecular weight is 180 g/mol. The van der Waals surface area contributed by atoms with Gasteiger partial charge in [-0.3, -0.25) is 0 Å². The fraction of sp³-hybridized carbons (Fsp3) is 1.00. The maximum atomic E-state index is 5.51. The summed E-state index contributed by atoms with van der Waals surface area (Å²) in [4.78, 5) is 0. The van der Waals surface area contributed by atoms with Crippen LogP contribution in [0, 0.1) is 0 Å². The average Bonchev–Trinajstić information content (AvgIpc) is 1.30. The minimum absolute atomic E-state index is 0. The first-order valence-electron chi connectivity index (χ1n) is 2.70. The molecule has 0 saturated heterocycles. The maximum absolute atomic E-state index is 5.51. The Labute approximate surface area is 106 Å². The SMILES string of the molecule is C[SiH2]O[Si](C)(C)C.[Na].[Na]. The third kappa shape index (κ3) is 17.9. The minimum atomic E-state index is -1.10. The van der Waals surface area contributed by atoms with Gasteiger partial charge < -0.3 is 4.12 Å². The van der Waals surface area contributed by atoms with Crippen molar-refractivity contribution in [3.63, 3.8) is 0 Å². The summed E-state index contributed by atoms with van der Waals surface area (Å²) in [5.74, 6) is 0. The zero-order valence-electron chi connectivity index (χ0n) is 7.62. The first kappa shape index (κ1) is 17.5. The Bertz CT molecular complexity index is 55.0. The second kappa shape index (κ2) is 8.49. The molecule has 9 heavy (non-hydrogen) atoms. The summed E-state index contributed by atoms with van der Waals surface area (Å²) in [6, 6.07) is 0. The Morgan fingerprint density at radius 2 is 1.44 bits per heavy atom. The Kier molecular flexibility index (Phi) is 16.5. The van der Waals surface area contributed by atoms with Crippen LogP contribution in [-0.4, -0.2) is 77.2 Å². The van der Waals surface area contributed by atoms with Gasteiger partial charge in [0.1, 0.15) is 9.76 Å². The third-order valence-electron chi connectivity index (χ3n) is 0.577. The molecule has 2 radical (unpaired) electrons. The summed E-state index contributed by atoms with van der Waals surface area (Å²) in [7, 11) is -1.22. The van der Waals surface area contributed by atoms with Gasteiger partial charge in [-0.1, -0.05) is 6.55 Å². The summed E-state index contributed by atoms with van der Waals surface area (Å²) in [6.45, 7) is 8.86. The molecule has 0 spiro atoms. The molecule has 0 heterocycles. The van der Waals surface area contributed by atoms with E-state index in [0.717, 1.165) is 0 Å². The molecule has 0 aliphatic heterocycles.